The molecule has 2 bridgehead atoms. The number of hydrogen-bond acceptors (Lipinski definition) is 3. The second kappa shape index (κ2) is 4.74. The largest absolute Gasteiger partial charge is 0.491 e. The van der Waals surface area contributed by atoms with Crippen LogP contribution in [0.1, 0.15) is 43.0 Å². The van der Waals surface area contributed by atoms with E-state index in [9.17, 15) is 0 Å². The van der Waals surface area contributed by atoms with Gasteiger partial charge in [0.1, 0.15) is 24.3 Å². The number of aromatic amines is 1. The maximum Gasteiger partial charge on any atom is 0.126 e. The molecule has 1 aromatic heterocycles. The van der Waals surface area contributed by atoms with Gasteiger partial charge in [-0.3, -0.25) is 0 Å². The van der Waals surface area contributed by atoms with Crippen LogP contribution in [0.5, 0.6) is 0 Å². The third-order valence-corrected chi connectivity index (χ3v) is 3.97. The van der Waals surface area contributed by atoms with Crippen LogP contribution in [-0.2, 0) is 9.47 Å². The van der Waals surface area contributed by atoms with Gasteiger partial charge in [0.2, 0.25) is 0 Å². The highest BCUT2D eigenvalue weighted by Crippen LogP contribution is 2.40. The first-order valence-corrected chi connectivity index (χ1v) is 7.40. The summed E-state index contributed by atoms with van der Waals surface area (Å²) < 4.78 is 11.8. The number of aromatic nitrogens is 2. The average molecular weight is 282 g/mol. The molecule has 1 atom stereocenters. The molecule has 108 valence electrons. The first-order chi connectivity index (χ1) is 10.2. The van der Waals surface area contributed by atoms with Crippen molar-refractivity contribution in [1.29, 1.82) is 0 Å². The molecule has 1 aliphatic carbocycles. The monoisotopic (exact) mass is 282 g/mol. The molecule has 2 aromatic rings. The minimum absolute atomic E-state index is 0.120. The lowest BCUT2D eigenvalue weighted by molar-refractivity contribution is 0.0653. The highest BCUT2D eigenvalue weighted by atomic mass is 16.5. The van der Waals surface area contributed by atoms with Gasteiger partial charge in [-0.15, -0.1) is 0 Å². The van der Waals surface area contributed by atoms with E-state index in [0.717, 1.165) is 34.1 Å². The molecule has 0 fully saturated rings. The molecule has 0 radical (unpaired) electrons. The summed E-state index contributed by atoms with van der Waals surface area (Å²) in [5.74, 6) is 2.25. The molecule has 4 rings (SSSR count). The number of rotatable bonds is 1. The van der Waals surface area contributed by atoms with Crippen LogP contribution in [0.15, 0.2) is 30.3 Å². The lowest BCUT2D eigenvalue weighted by Gasteiger charge is -2.12. The molecule has 1 unspecified atom stereocenters. The van der Waals surface area contributed by atoms with Gasteiger partial charge in [-0.25, -0.2) is 4.98 Å². The van der Waals surface area contributed by atoms with Crippen molar-refractivity contribution in [3.63, 3.8) is 0 Å². The minimum Gasteiger partial charge on any atom is -0.491 e. The summed E-state index contributed by atoms with van der Waals surface area (Å²) in [7, 11) is 0. The molecule has 21 heavy (non-hydrogen) atoms. The van der Waals surface area contributed by atoms with Crippen molar-refractivity contribution in [2.45, 2.75) is 25.9 Å². The van der Waals surface area contributed by atoms with Gasteiger partial charge < -0.3 is 14.5 Å². The summed E-state index contributed by atoms with van der Waals surface area (Å²) in [6.07, 6.45) is 1.94. The number of hydrogen-bond donors (Lipinski definition) is 1. The van der Waals surface area contributed by atoms with Gasteiger partial charge in [0, 0.05) is 17.0 Å². The topological polar surface area (TPSA) is 47.1 Å². The second-order valence-electron chi connectivity index (χ2n) is 5.76. The van der Waals surface area contributed by atoms with Crippen molar-refractivity contribution < 1.29 is 9.47 Å². The van der Waals surface area contributed by atoms with Crippen molar-refractivity contribution in [1.82, 2.24) is 9.97 Å². The Balaban J connectivity index is 1.98. The van der Waals surface area contributed by atoms with Gasteiger partial charge >= 0.3 is 0 Å². The van der Waals surface area contributed by atoms with Crippen LogP contribution in [0.3, 0.4) is 0 Å². The molecule has 1 aliphatic heterocycles. The molecule has 0 spiro atoms. The zero-order valence-electron chi connectivity index (χ0n) is 12.2. The Morgan fingerprint density at radius 1 is 1.19 bits per heavy atom. The van der Waals surface area contributed by atoms with Gasteiger partial charge in [0.05, 0.1) is 18.0 Å². The van der Waals surface area contributed by atoms with Crippen LogP contribution in [0, 0.1) is 0 Å². The standard InChI is InChI=1S/C17H18N2O2/c1-10(2)17-18-15-12-6-4-3-5-11(12)13-9-14(16(15)19-17)21-8-7-20-13/h3-6,9-10,14H,7-8H2,1-2H3,(H,18,19). The average Bonchev–Trinajstić information content (AvgIpc) is 2.74. The Kier molecular flexibility index (Phi) is 2.86. The fourth-order valence-corrected chi connectivity index (χ4v) is 2.89. The van der Waals surface area contributed by atoms with Gasteiger partial charge in [-0.05, 0) is 6.08 Å². The molecule has 2 heterocycles. The summed E-state index contributed by atoms with van der Waals surface area (Å²) in [6, 6.07) is 8.25. The number of fused-ring (bicyclic) bond motifs is 6. The fraction of sp³-hybridized carbons (Fsp3) is 0.353. The van der Waals surface area contributed by atoms with E-state index in [1.165, 1.54) is 0 Å². The molecule has 0 saturated heterocycles. The summed E-state index contributed by atoms with van der Waals surface area (Å²) >= 11 is 0. The van der Waals surface area contributed by atoms with E-state index in [-0.39, 0.29) is 6.10 Å². The summed E-state index contributed by atoms with van der Waals surface area (Å²) in [6.45, 7) is 5.45. The Labute approximate surface area is 123 Å². The number of nitrogens with zero attached hydrogens (tertiary/aromatic N) is 1. The quantitative estimate of drug-likeness (QED) is 0.868. The predicted octanol–water partition coefficient (Wildman–Crippen LogP) is 3.64. The lowest BCUT2D eigenvalue weighted by Crippen LogP contribution is -2.06. The van der Waals surface area contributed by atoms with E-state index < -0.39 is 0 Å². The van der Waals surface area contributed by atoms with Crippen molar-refractivity contribution in [3.05, 3.63) is 47.4 Å². The van der Waals surface area contributed by atoms with E-state index in [4.69, 9.17) is 14.5 Å². The maximum absolute atomic E-state index is 5.93. The van der Waals surface area contributed by atoms with Crippen molar-refractivity contribution in [2.75, 3.05) is 13.2 Å². The molecule has 4 nitrogen and oxygen atoms in total. The number of H-pyrrole nitrogens is 1. The molecule has 0 saturated carbocycles. The third kappa shape index (κ3) is 1.98. The van der Waals surface area contributed by atoms with Crippen LogP contribution < -0.4 is 0 Å². The molecule has 1 aromatic carbocycles. The Hall–Kier alpha value is -2.07. The Bertz CT molecular complexity index is 715. The lowest BCUT2D eigenvalue weighted by atomic mass is 10.0. The van der Waals surface area contributed by atoms with Gasteiger partial charge in [-0.1, -0.05) is 38.1 Å². The Morgan fingerprint density at radius 3 is 2.81 bits per heavy atom. The summed E-state index contributed by atoms with van der Waals surface area (Å²) in [4.78, 5) is 8.28. The number of ether oxygens (including phenoxy) is 2. The van der Waals surface area contributed by atoms with Crippen LogP contribution in [0.25, 0.3) is 17.0 Å². The van der Waals surface area contributed by atoms with Crippen LogP contribution in [-0.4, -0.2) is 23.2 Å². The van der Waals surface area contributed by atoms with Gasteiger partial charge in [0.25, 0.3) is 0 Å². The summed E-state index contributed by atoms with van der Waals surface area (Å²) in [5.41, 5.74) is 4.21. The van der Waals surface area contributed by atoms with Crippen LogP contribution >= 0.6 is 0 Å². The highest BCUT2D eigenvalue weighted by Gasteiger charge is 2.29. The number of imidazole rings is 1. The molecule has 0 amide bonds. The first-order valence-electron chi connectivity index (χ1n) is 7.40. The maximum atomic E-state index is 5.93. The zero-order valence-corrected chi connectivity index (χ0v) is 12.2. The molecule has 1 N–H and O–H groups in total. The second-order valence-corrected chi connectivity index (χ2v) is 5.76. The van der Waals surface area contributed by atoms with Crippen LogP contribution in [0.4, 0.5) is 0 Å². The van der Waals surface area contributed by atoms with Gasteiger partial charge in [0.15, 0.2) is 0 Å². The van der Waals surface area contributed by atoms with E-state index >= 15 is 0 Å². The van der Waals surface area contributed by atoms with E-state index in [1.54, 1.807) is 0 Å². The minimum atomic E-state index is -0.120. The highest BCUT2D eigenvalue weighted by molar-refractivity contribution is 5.81. The zero-order chi connectivity index (χ0) is 14.4. The van der Waals surface area contributed by atoms with E-state index in [0.29, 0.717) is 19.1 Å². The van der Waals surface area contributed by atoms with E-state index in [1.807, 2.05) is 12.1 Å². The molecule has 4 heteroatoms. The predicted molar refractivity (Wildman–Crippen MR) is 80.7 cm³/mol. The smallest absolute Gasteiger partial charge is 0.126 e. The number of nitrogens with one attached hydrogen (secondary N) is 1. The fourth-order valence-electron chi connectivity index (χ4n) is 2.89. The van der Waals surface area contributed by atoms with E-state index in [2.05, 4.69) is 37.0 Å². The van der Waals surface area contributed by atoms with Crippen molar-refractivity contribution in [2.24, 2.45) is 0 Å². The SMILES string of the molecule is CC(C)c1nc2c([nH]1)C1C=C(OCCO1)c1ccccc1-2. The molecular formula is C17H18N2O2. The normalized spacial score (nSPS) is 20.0. The summed E-state index contributed by atoms with van der Waals surface area (Å²) in [5, 5.41) is 0. The van der Waals surface area contributed by atoms with Crippen LogP contribution in [0.2, 0.25) is 0 Å². The van der Waals surface area contributed by atoms with Crippen molar-refractivity contribution >= 4 is 5.76 Å². The number of benzene rings is 1. The Morgan fingerprint density at radius 2 is 2.00 bits per heavy atom. The molecule has 2 aliphatic rings. The molecular weight excluding hydrogens is 264 g/mol. The third-order valence-electron chi connectivity index (χ3n) is 3.97. The van der Waals surface area contributed by atoms with Crippen molar-refractivity contribution in [3.8, 4) is 11.3 Å². The van der Waals surface area contributed by atoms with Gasteiger partial charge in [-0.2, -0.15) is 0 Å². The first kappa shape index (κ1) is 12.7.